The molecule has 0 aromatic heterocycles. The molecule has 1 aromatic rings. The Bertz CT molecular complexity index is 819. The molecule has 8 heteroatoms. The number of carbonyl (C=O) groups is 3. The summed E-state index contributed by atoms with van der Waals surface area (Å²) >= 11 is 6.50. The van der Waals surface area contributed by atoms with Crippen LogP contribution in [-0.2, 0) is 14.4 Å². The van der Waals surface area contributed by atoms with Crippen LogP contribution in [0, 0.1) is 0 Å². The summed E-state index contributed by atoms with van der Waals surface area (Å²) in [6, 6.07) is 9.81. The third-order valence-electron chi connectivity index (χ3n) is 3.88. The number of allylic oxidation sites excluding steroid dienone is 2. The van der Waals surface area contributed by atoms with E-state index in [1.54, 1.807) is 6.08 Å². The summed E-state index contributed by atoms with van der Waals surface area (Å²) < 4.78 is 0.433. The van der Waals surface area contributed by atoms with E-state index in [9.17, 15) is 14.4 Å². The summed E-state index contributed by atoms with van der Waals surface area (Å²) in [7, 11) is 0. The van der Waals surface area contributed by atoms with Crippen LogP contribution in [0.3, 0.4) is 0 Å². The summed E-state index contributed by atoms with van der Waals surface area (Å²) in [5.74, 6) is -1.33. The maximum absolute atomic E-state index is 12.6. The topological polar surface area (TPSA) is 86.7 Å². The molecule has 2 amide bonds. The number of carboxylic acid groups (broad SMARTS) is 1. The van der Waals surface area contributed by atoms with Crippen molar-refractivity contribution in [2.75, 3.05) is 13.1 Å². The van der Waals surface area contributed by atoms with Gasteiger partial charge in [0.25, 0.3) is 5.91 Å². The Morgan fingerprint density at radius 2 is 1.96 bits per heavy atom. The molecule has 6 nitrogen and oxygen atoms in total. The first-order valence-corrected chi connectivity index (χ1v) is 10.1. The van der Waals surface area contributed by atoms with Gasteiger partial charge in [-0.25, -0.2) is 0 Å². The summed E-state index contributed by atoms with van der Waals surface area (Å²) in [6.07, 6.45) is 4.29. The molecule has 1 fully saturated rings. The molecule has 0 atom stereocenters. The van der Waals surface area contributed by atoms with Gasteiger partial charge in [0, 0.05) is 25.9 Å². The molecule has 28 heavy (non-hydrogen) atoms. The van der Waals surface area contributed by atoms with Gasteiger partial charge in [0.05, 0.1) is 4.91 Å². The van der Waals surface area contributed by atoms with Gasteiger partial charge in [-0.05, 0) is 30.6 Å². The zero-order valence-electron chi connectivity index (χ0n) is 15.5. The molecule has 0 unspecified atom stereocenters. The lowest BCUT2D eigenvalue weighted by molar-refractivity contribution is -0.137. The highest BCUT2D eigenvalue weighted by Crippen LogP contribution is 2.32. The molecule has 1 aliphatic heterocycles. The minimum Gasteiger partial charge on any atom is -0.481 e. The summed E-state index contributed by atoms with van der Waals surface area (Å²) in [5.41, 5.74) is 1.98. The third-order valence-corrected chi connectivity index (χ3v) is 5.26. The highest BCUT2D eigenvalue weighted by atomic mass is 32.2. The van der Waals surface area contributed by atoms with Crippen LogP contribution in [0.2, 0.25) is 0 Å². The monoisotopic (exact) mass is 418 g/mol. The van der Waals surface area contributed by atoms with Crippen molar-refractivity contribution in [3.05, 3.63) is 52.4 Å². The minimum atomic E-state index is -0.893. The Balaban J connectivity index is 1.88. The van der Waals surface area contributed by atoms with Crippen LogP contribution < -0.4 is 5.32 Å². The first-order valence-electron chi connectivity index (χ1n) is 8.84. The second kappa shape index (κ2) is 10.8. The SMILES string of the molecule is CC(=C\c1ccccc1)/C=C1/SC(=S)N(CCC(=O)NCCCC(=O)O)C1=O. The fraction of sp³-hybridized carbons (Fsp3) is 0.300. The number of amides is 2. The van der Waals surface area contributed by atoms with E-state index in [-0.39, 0.29) is 31.2 Å². The molecule has 1 saturated heterocycles. The number of thiocarbonyl (C=S) groups is 1. The van der Waals surface area contributed by atoms with Crippen molar-refractivity contribution in [3.63, 3.8) is 0 Å². The number of carbonyl (C=O) groups excluding carboxylic acids is 2. The fourth-order valence-corrected chi connectivity index (χ4v) is 3.88. The number of aliphatic carboxylic acids is 1. The minimum absolute atomic E-state index is 0.00955. The molecule has 0 bridgehead atoms. The second-order valence-corrected chi connectivity index (χ2v) is 7.91. The van der Waals surface area contributed by atoms with Crippen molar-refractivity contribution in [3.8, 4) is 0 Å². The molecular weight excluding hydrogens is 396 g/mol. The van der Waals surface area contributed by atoms with E-state index in [2.05, 4.69) is 5.32 Å². The lowest BCUT2D eigenvalue weighted by Crippen LogP contribution is -2.33. The highest BCUT2D eigenvalue weighted by Gasteiger charge is 2.31. The highest BCUT2D eigenvalue weighted by molar-refractivity contribution is 8.26. The van der Waals surface area contributed by atoms with Gasteiger partial charge in [-0.1, -0.05) is 60.4 Å². The number of benzene rings is 1. The number of nitrogens with zero attached hydrogens (tertiary/aromatic N) is 1. The Hall–Kier alpha value is -2.45. The van der Waals surface area contributed by atoms with Crippen LogP contribution >= 0.6 is 24.0 Å². The van der Waals surface area contributed by atoms with E-state index in [1.807, 2.05) is 43.3 Å². The average molecular weight is 419 g/mol. The number of thioether (sulfide) groups is 1. The Morgan fingerprint density at radius 3 is 2.64 bits per heavy atom. The number of nitrogens with one attached hydrogen (secondary N) is 1. The first kappa shape index (κ1) is 21.8. The third kappa shape index (κ3) is 6.94. The van der Waals surface area contributed by atoms with E-state index in [1.165, 1.54) is 16.7 Å². The van der Waals surface area contributed by atoms with E-state index >= 15 is 0 Å². The molecule has 0 spiro atoms. The molecule has 2 rings (SSSR count). The maximum atomic E-state index is 12.6. The lowest BCUT2D eigenvalue weighted by atomic mass is 10.1. The molecule has 1 heterocycles. The van der Waals surface area contributed by atoms with Crippen LogP contribution in [0.4, 0.5) is 0 Å². The van der Waals surface area contributed by atoms with Gasteiger partial charge in [0.15, 0.2) is 0 Å². The van der Waals surface area contributed by atoms with Crippen molar-refractivity contribution < 1.29 is 19.5 Å². The normalized spacial score (nSPS) is 16.0. The number of carboxylic acids is 1. The predicted molar refractivity (Wildman–Crippen MR) is 115 cm³/mol. The van der Waals surface area contributed by atoms with Gasteiger partial charge in [0.1, 0.15) is 4.32 Å². The van der Waals surface area contributed by atoms with E-state index in [0.29, 0.717) is 22.2 Å². The van der Waals surface area contributed by atoms with Gasteiger partial charge < -0.3 is 10.4 Å². The summed E-state index contributed by atoms with van der Waals surface area (Å²) in [4.78, 5) is 36.8. The molecular formula is C20H22N2O4S2. The average Bonchev–Trinajstić information content (AvgIpc) is 2.90. The Labute approximate surface area is 173 Å². The Kier molecular flexibility index (Phi) is 8.41. The molecule has 0 aliphatic carbocycles. The maximum Gasteiger partial charge on any atom is 0.303 e. The molecule has 2 N–H and O–H groups in total. The standard InChI is InChI=1S/C20H22N2O4S2/c1-14(12-15-6-3-2-4-7-15)13-16-19(26)22(20(27)28-16)11-9-17(23)21-10-5-8-18(24)25/h2-4,6-7,12-13H,5,8-11H2,1H3,(H,21,23)(H,24,25)/b14-12+,16-13+. The van der Waals surface area contributed by atoms with Gasteiger partial charge in [-0.3, -0.25) is 19.3 Å². The zero-order chi connectivity index (χ0) is 20.5. The van der Waals surface area contributed by atoms with E-state index in [4.69, 9.17) is 17.3 Å². The molecule has 1 aromatic carbocycles. The lowest BCUT2D eigenvalue weighted by Gasteiger charge is -2.14. The van der Waals surface area contributed by atoms with Crippen LogP contribution in [0.15, 0.2) is 46.9 Å². The van der Waals surface area contributed by atoms with Crippen molar-refractivity contribution in [2.24, 2.45) is 0 Å². The summed E-state index contributed by atoms with van der Waals surface area (Å²) in [5, 5.41) is 11.2. The molecule has 0 saturated carbocycles. The zero-order valence-corrected chi connectivity index (χ0v) is 17.1. The fourth-order valence-electron chi connectivity index (χ4n) is 2.52. The van der Waals surface area contributed by atoms with Gasteiger partial charge in [0.2, 0.25) is 5.91 Å². The van der Waals surface area contributed by atoms with Crippen LogP contribution in [0.1, 0.15) is 31.7 Å². The second-order valence-electron chi connectivity index (χ2n) is 6.23. The predicted octanol–water partition coefficient (Wildman–Crippen LogP) is 3.21. The van der Waals surface area contributed by atoms with Crippen molar-refractivity contribution in [1.29, 1.82) is 0 Å². The van der Waals surface area contributed by atoms with Crippen LogP contribution in [0.25, 0.3) is 6.08 Å². The van der Waals surface area contributed by atoms with E-state index in [0.717, 1.165) is 11.1 Å². The van der Waals surface area contributed by atoms with Crippen molar-refractivity contribution in [1.82, 2.24) is 10.2 Å². The quantitative estimate of drug-likeness (QED) is 0.364. The molecule has 0 radical (unpaired) electrons. The molecule has 148 valence electrons. The summed E-state index contributed by atoms with van der Waals surface area (Å²) in [6.45, 7) is 2.42. The van der Waals surface area contributed by atoms with E-state index < -0.39 is 5.97 Å². The number of hydrogen-bond donors (Lipinski definition) is 2. The van der Waals surface area contributed by atoms with Crippen LogP contribution in [-0.4, -0.2) is 45.2 Å². The van der Waals surface area contributed by atoms with Gasteiger partial charge >= 0.3 is 5.97 Å². The Morgan fingerprint density at radius 1 is 1.25 bits per heavy atom. The smallest absolute Gasteiger partial charge is 0.303 e. The first-order chi connectivity index (χ1) is 13.4. The molecule has 1 aliphatic rings. The van der Waals surface area contributed by atoms with Gasteiger partial charge in [-0.15, -0.1) is 0 Å². The number of hydrogen-bond acceptors (Lipinski definition) is 5. The van der Waals surface area contributed by atoms with Gasteiger partial charge in [-0.2, -0.15) is 0 Å². The number of rotatable bonds is 9. The van der Waals surface area contributed by atoms with Crippen LogP contribution in [0.5, 0.6) is 0 Å². The van der Waals surface area contributed by atoms with Crippen molar-refractivity contribution in [2.45, 2.75) is 26.2 Å². The largest absolute Gasteiger partial charge is 0.481 e. The van der Waals surface area contributed by atoms with Crippen molar-refractivity contribution >= 4 is 52.2 Å².